The molecule has 162 valence electrons. The molecular weight excluding hydrogens is 420 g/mol. The minimum Gasteiger partial charge on any atom is -0.497 e. The monoisotopic (exact) mass is 444 g/mol. The maximum atomic E-state index is 12.6. The molecule has 32 heavy (non-hydrogen) atoms. The lowest BCUT2D eigenvalue weighted by Crippen LogP contribution is -2.28. The highest BCUT2D eigenvalue weighted by Crippen LogP contribution is 2.29. The number of ether oxygens (including phenoxy) is 1. The van der Waals surface area contributed by atoms with Crippen molar-refractivity contribution in [3.63, 3.8) is 0 Å². The SMILES string of the molecule is COc1cccc(-c2nnc(SCC(=O)N[C@@H](C)c3ccccc3)n2-c2ccccc2)c1. The lowest BCUT2D eigenvalue weighted by Gasteiger charge is -2.14. The normalized spacial score (nSPS) is 11.7. The van der Waals surface area contributed by atoms with Gasteiger partial charge in [-0.2, -0.15) is 0 Å². The van der Waals surface area contributed by atoms with Crippen LogP contribution in [0.5, 0.6) is 5.75 Å². The molecule has 0 saturated carbocycles. The van der Waals surface area contributed by atoms with Gasteiger partial charge in [0.15, 0.2) is 11.0 Å². The Bertz CT molecular complexity index is 1180. The zero-order valence-corrected chi connectivity index (χ0v) is 18.8. The van der Waals surface area contributed by atoms with E-state index in [0.717, 1.165) is 22.6 Å². The number of para-hydroxylation sites is 1. The maximum Gasteiger partial charge on any atom is 0.230 e. The van der Waals surface area contributed by atoms with Crippen LogP contribution in [0, 0.1) is 0 Å². The molecule has 0 radical (unpaired) electrons. The van der Waals surface area contributed by atoms with E-state index < -0.39 is 0 Å². The van der Waals surface area contributed by atoms with E-state index in [1.807, 2.05) is 96.4 Å². The van der Waals surface area contributed by atoms with Gasteiger partial charge in [-0.3, -0.25) is 9.36 Å². The van der Waals surface area contributed by atoms with Crippen molar-refractivity contribution in [2.24, 2.45) is 0 Å². The molecule has 0 fully saturated rings. The predicted molar refractivity (Wildman–Crippen MR) is 127 cm³/mol. The third kappa shape index (κ3) is 5.00. The second-order valence-corrected chi connectivity index (χ2v) is 8.14. The first-order valence-electron chi connectivity index (χ1n) is 10.3. The number of carbonyl (C=O) groups is 1. The number of nitrogens with zero attached hydrogens (tertiary/aromatic N) is 3. The Labute approximate surface area is 191 Å². The summed E-state index contributed by atoms with van der Waals surface area (Å²) in [6.45, 7) is 1.98. The van der Waals surface area contributed by atoms with Crippen LogP contribution in [-0.2, 0) is 4.79 Å². The van der Waals surface area contributed by atoms with Crippen molar-refractivity contribution in [2.45, 2.75) is 18.1 Å². The molecule has 0 aliphatic heterocycles. The summed E-state index contributed by atoms with van der Waals surface area (Å²) in [5, 5.41) is 12.5. The standard InChI is InChI=1S/C25H24N4O2S/c1-18(19-10-5-3-6-11-19)26-23(30)17-32-25-28-27-24(20-12-9-15-22(16-20)31-2)29(25)21-13-7-4-8-14-21/h3-16,18H,17H2,1-2H3,(H,26,30)/t18-/m0/s1. The molecule has 0 aliphatic rings. The van der Waals surface area contributed by atoms with Gasteiger partial charge in [-0.25, -0.2) is 0 Å². The molecule has 0 saturated heterocycles. The van der Waals surface area contributed by atoms with Crippen LogP contribution in [-0.4, -0.2) is 33.5 Å². The van der Waals surface area contributed by atoms with Gasteiger partial charge in [-0.05, 0) is 36.8 Å². The Balaban J connectivity index is 1.56. The summed E-state index contributed by atoms with van der Waals surface area (Å²) in [4.78, 5) is 12.6. The summed E-state index contributed by atoms with van der Waals surface area (Å²) < 4.78 is 7.33. The number of nitrogens with one attached hydrogen (secondary N) is 1. The van der Waals surface area contributed by atoms with Gasteiger partial charge in [0, 0.05) is 11.3 Å². The third-order valence-corrected chi connectivity index (χ3v) is 5.91. The Hall–Kier alpha value is -3.58. The van der Waals surface area contributed by atoms with Gasteiger partial charge in [-0.15, -0.1) is 10.2 Å². The molecule has 1 aromatic heterocycles. The zero-order valence-electron chi connectivity index (χ0n) is 17.9. The topological polar surface area (TPSA) is 69.0 Å². The van der Waals surface area contributed by atoms with Gasteiger partial charge in [0.2, 0.25) is 5.91 Å². The number of thioether (sulfide) groups is 1. The van der Waals surface area contributed by atoms with E-state index in [4.69, 9.17) is 4.74 Å². The molecule has 7 heteroatoms. The number of amides is 1. The molecule has 6 nitrogen and oxygen atoms in total. The van der Waals surface area contributed by atoms with E-state index in [2.05, 4.69) is 15.5 Å². The van der Waals surface area contributed by atoms with Gasteiger partial charge < -0.3 is 10.1 Å². The van der Waals surface area contributed by atoms with E-state index in [-0.39, 0.29) is 17.7 Å². The van der Waals surface area contributed by atoms with Gasteiger partial charge >= 0.3 is 0 Å². The molecule has 1 amide bonds. The van der Waals surface area contributed by atoms with E-state index in [1.54, 1.807) is 7.11 Å². The Morgan fingerprint density at radius 2 is 1.72 bits per heavy atom. The maximum absolute atomic E-state index is 12.6. The first-order valence-corrected chi connectivity index (χ1v) is 11.3. The lowest BCUT2D eigenvalue weighted by molar-refractivity contribution is -0.119. The van der Waals surface area contributed by atoms with E-state index in [9.17, 15) is 4.79 Å². The summed E-state index contributed by atoms with van der Waals surface area (Å²) in [6.07, 6.45) is 0. The van der Waals surface area contributed by atoms with Crippen molar-refractivity contribution in [3.8, 4) is 22.8 Å². The molecule has 0 aliphatic carbocycles. The van der Waals surface area contributed by atoms with Crippen molar-refractivity contribution >= 4 is 17.7 Å². The molecule has 1 N–H and O–H groups in total. The number of carbonyl (C=O) groups excluding carboxylic acids is 1. The van der Waals surface area contributed by atoms with Crippen LogP contribution in [0.2, 0.25) is 0 Å². The Kier molecular flexibility index (Phi) is 6.87. The predicted octanol–water partition coefficient (Wildman–Crippen LogP) is 4.91. The van der Waals surface area contributed by atoms with Crippen molar-refractivity contribution in [3.05, 3.63) is 90.5 Å². The molecule has 0 unspecified atom stereocenters. The largest absolute Gasteiger partial charge is 0.497 e. The van der Waals surface area contributed by atoms with E-state index in [0.29, 0.717) is 11.0 Å². The van der Waals surface area contributed by atoms with Gasteiger partial charge in [0.25, 0.3) is 0 Å². The first-order chi connectivity index (χ1) is 15.7. The van der Waals surface area contributed by atoms with Gasteiger partial charge in [-0.1, -0.05) is 72.4 Å². The van der Waals surface area contributed by atoms with Crippen molar-refractivity contribution in [1.29, 1.82) is 0 Å². The molecule has 4 rings (SSSR count). The van der Waals surface area contributed by atoms with Gasteiger partial charge in [0.1, 0.15) is 5.75 Å². The van der Waals surface area contributed by atoms with E-state index >= 15 is 0 Å². The van der Waals surface area contributed by atoms with Crippen LogP contribution in [0.15, 0.2) is 90.1 Å². The van der Waals surface area contributed by atoms with Crippen LogP contribution in [0.3, 0.4) is 0 Å². The number of aromatic nitrogens is 3. The quantitative estimate of drug-likeness (QED) is 0.391. The fourth-order valence-corrected chi connectivity index (χ4v) is 4.12. The minimum absolute atomic E-state index is 0.0584. The summed E-state index contributed by atoms with van der Waals surface area (Å²) in [5.41, 5.74) is 2.88. The highest BCUT2D eigenvalue weighted by molar-refractivity contribution is 7.99. The van der Waals surface area contributed by atoms with E-state index in [1.165, 1.54) is 11.8 Å². The van der Waals surface area contributed by atoms with Crippen molar-refractivity contribution in [1.82, 2.24) is 20.1 Å². The summed E-state index contributed by atoms with van der Waals surface area (Å²) in [5.74, 6) is 1.61. The highest BCUT2D eigenvalue weighted by Gasteiger charge is 2.18. The fourth-order valence-electron chi connectivity index (χ4n) is 3.36. The molecule has 4 aromatic rings. The first kappa shape index (κ1) is 21.6. The van der Waals surface area contributed by atoms with Crippen LogP contribution in [0.25, 0.3) is 17.1 Å². The molecule has 3 aromatic carbocycles. The van der Waals surface area contributed by atoms with Crippen LogP contribution in [0.1, 0.15) is 18.5 Å². The highest BCUT2D eigenvalue weighted by atomic mass is 32.2. The molecule has 1 atom stereocenters. The second-order valence-electron chi connectivity index (χ2n) is 7.20. The second kappa shape index (κ2) is 10.2. The number of methoxy groups -OCH3 is 1. The smallest absolute Gasteiger partial charge is 0.230 e. The lowest BCUT2D eigenvalue weighted by atomic mass is 10.1. The van der Waals surface area contributed by atoms with Gasteiger partial charge in [0.05, 0.1) is 18.9 Å². The third-order valence-electron chi connectivity index (χ3n) is 4.99. The average molecular weight is 445 g/mol. The van der Waals surface area contributed by atoms with Crippen LogP contribution < -0.4 is 10.1 Å². The van der Waals surface area contributed by atoms with Crippen molar-refractivity contribution < 1.29 is 9.53 Å². The molecule has 1 heterocycles. The van der Waals surface area contributed by atoms with Crippen LogP contribution >= 0.6 is 11.8 Å². The summed E-state index contributed by atoms with van der Waals surface area (Å²) in [7, 11) is 1.64. The number of hydrogen-bond acceptors (Lipinski definition) is 5. The zero-order chi connectivity index (χ0) is 22.3. The van der Waals surface area contributed by atoms with Crippen molar-refractivity contribution in [2.75, 3.05) is 12.9 Å². The molecular formula is C25H24N4O2S. The number of rotatable bonds is 8. The molecule has 0 bridgehead atoms. The number of benzene rings is 3. The summed E-state index contributed by atoms with van der Waals surface area (Å²) in [6, 6.07) is 27.4. The average Bonchev–Trinajstić information content (AvgIpc) is 3.28. The Morgan fingerprint density at radius 3 is 2.44 bits per heavy atom. The number of hydrogen-bond donors (Lipinski definition) is 1. The summed E-state index contributed by atoms with van der Waals surface area (Å²) >= 11 is 1.36. The Morgan fingerprint density at radius 1 is 1.00 bits per heavy atom. The fraction of sp³-hybridized carbons (Fsp3) is 0.160. The van der Waals surface area contributed by atoms with Crippen LogP contribution in [0.4, 0.5) is 0 Å². The minimum atomic E-state index is -0.0661. The molecule has 0 spiro atoms.